The van der Waals surface area contributed by atoms with Gasteiger partial charge in [-0.15, -0.1) is 24.8 Å². The van der Waals surface area contributed by atoms with Gasteiger partial charge in [0.25, 0.3) is 0 Å². The van der Waals surface area contributed by atoms with Crippen LogP contribution in [0.15, 0.2) is 109 Å². The van der Waals surface area contributed by atoms with Crippen molar-refractivity contribution in [1.29, 1.82) is 0 Å². The summed E-state index contributed by atoms with van der Waals surface area (Å²) < 4.78 is 7.09. The molecule has 0 aliphatic heterocycles. The zero-order valence-electron chi connectivity index (χ0n) is 26.2. The number of hydrogen-bond donors (Lipinski definition) is 0. The summed E-state index contributed by atoms with van der Waals surface area (Å²) in [6, 6.07) is 30.5. The standard InChI is InChI=1S/C21H25.C13H8Br2.C5H5.2ClH.Zr/c1-20(2,3)16-9-7-14-11-15-8-10-17(21(4,5)6)13-19(15)18(14)12-16;14-12-5-1-10(2-6-12)9-11-3-7-13(15)8-4-11;1-2-4-5-3-1;;;/h7,9-10,12-13H,11H2,1-6H3;1-8H;1-3H,4H2;2*1H;. The molecule has 0 amide bonds. The van der Waals surface area contributed by atoms with Gasteiger partial charge in [0.1, 0.15) is 0 Å². The SMILES string of the molecule is CC(C)(C)c1ccc2c(c1)-c1cc(C(C)(C)C)c[c]([Zr]([C]3=CC=CC3)=[C](c3ccc(Br)cc3)c3ccc(Br)cc3)c1C2.Cl.Cl. The fourth-order valence-electron chi connectivity index (χ4n) is 6.19. The van der Waals surface area contributed by atoms with E-state index in [0.717, 1.165) is 21.8 Å². The predicted octanol–water partition coefficient (Wildman–Crippen LogP) is 11.6. The Morgan fingerprint density at radius 1 is 0.659 bits per heavy atom. The van der Waals surface area contributed by atoms with E-state index in [1.165, 1.54) is 38.9 Å². The van der Waals surface area contributed by atoms with Gasteiger partial charge in [0.05, 0.1) is 0 Å². The Balaban J connectivity index is 0.00000221. The molecule has 228 valence electrons. The van der Waals surface area contributed by atoms with E-state index < -0.39 is 21.3 Å². The fourth-order valence-corrected chi connectivity index (χ4v) is 14.7. The van der Waals surface area contributed by atoms with Crippen LogP contribution in [-0.4, -0.2) is 3.21 Å². The van der Waals surface area contributed by atoms with E-state index in [1.807, 2.05) is 0 Å². The van der Waals surface area contributed by atoms with E-state index in [1.54, 1.807) is 15.3 Å². The maximum absolute atomic E-state index is 3.70. The summed E-state index contributed by atoms with van der Waals surface area (Å²) in [6.07, 6.45) is 9.17. The summed E-state index contributed by atoms with van der Waals surface area (Å²) in [7, 11) is 0. The number of benzene rings is 4. The van der Waals surface area contributed by atoms with Crippen molar-refractivity contribution in [2.24, 2.45) is 0 Å². The monoisotopic (exact) mass is 826 g/mol. The second kappa shape index (κ2) is 13.8. The van der Waals surface area contributed by atoms with Crippen molar-refractivity contribution in [3.05, 3.63) is 143 Å². The Bertz CT molecular complexity index is 1740. The quantitative estimate of drug-likeness (QED) is 0.169. The van der Waals surface area contributed by atoms with Crippen LogP contribution in [0.25, 0.3) is 11.1 Å². The van der Waals surface area contributed by atoms with Crippen LogP contribution < -0.4 is 3.27 Å². The molecule has 4 aromatic carbocycles. The molecule has 0 saturated heterocycles. The molecule has 0 unspecified atom stereocenters. The maximum Gasteiger partial charge on any atom is -0.147 e. The summed E-state index contributed by atoms with van der Waals surface area (Å²) >= 11 is 4.67. The normalized spacial score (nSPS) is 13.4. The van der Waals surface area contributed by atoms with Crippen molar-refractivity contribution in [2.45, 2.75) is 65.2 Å². The Morgan fingerprint density at radius 2 is 1.20 bits per heavy atom. The second-order valence-electron chi connectivity index (χ2n) is 13.7. The molecule has 2 aliphatic rings. The van der Waals surface area contributed by atoms with Crippen LogP contribution >= 0.6 is 56.7 Å². The van der Waals surface area contributed by atoms with Gasteiger partial charge in [-0.25, -0.2) is 0 Å². The first kappa shape index (κ1) is 35.5. The molecule has 0 saturated carbocycles. The topological polar surface area (TPSA) is 0 Å². The zero-order chi connectivity index (χ0) is 29.8. The molecule has 2 aliphatic carbocycles. The number of halogens is 4. The Morgan fingerprint density at radius 3 is 1.70 bits per heavy atom. The Labute approximate surface area is 300 Å². The van der Waals surface area contributed by atoms with E-state index in [2.05, 4.69) is 170 Å². The van der Waals surface area contributed by atoms with Crippen LogP contribution in [0.3, 0.4) is 0 Å². The molecule has 0 bridgehead atoms. The van der Waals surface area contributed by atoms with Gasteiger partial charge in [-0.3, -0.25) is 0 Å². The molecule has 0 N–H and O–H groups in total. The average Bonchev–Trinajstić information content (AvgIpc) is 3.60. The molecule has 0 fully saturated rings. The summed E-state index contributed by atoms with van der Waals surface area (Å²) in [6.45, 7) is 14.1. The van der Waals surface area contributed by atoms with E-state index in [0.29, 0.717) is 0 Å². The third kappa shape index (κ3) is 7.13. The molecule has 5 heteroatoms. The van der Waals surface area contributed by atoms with Gasteiger partial charge in [0, 0.05) is 0 Å². The van der Waals surface area contributed by atoms with Crippen molar-refractivity contribution in [3.63, 3.8) is 0 Å². The van der Waals surface area contributed by atoms with Crippen LogP contribution in [0.5, 0.6) is 0 Å². The molecule has 44 heavy (non-hydrogen) atoms. The van der Waals surface area contributed by atoms with Gasteiger partial charge in [0.15, 0.2) is 0 Å². The first-order valence-corrected chi connectivity index (χ1v) is 20.1. The molecule has 0 radical (unpaired) electrons. The third-order valence-electron chi connectivity index (χ3n) is 8.63. The number of fused-ring (bicyclic) bond motifs is 3. The molecule has 0 atom stereocenters. The van der Waals surface area contributed by atoms with E-state index in [-0.39, 0.29) is 35.6 Å². The van der Waals surface area contributed by atoms with Gasteiger partial charge in [0.2, 0.25) is 0 Å². The molecular weight excluding hydrogens is 790 g/mol. The van der Waals surface area contributed by atoms with Gasteiger partial charge in [-0.2, -0.15) is 0 Å². The van der Waals surface area contributed by atoms with Gasteiger partial charge < -0.3 is 0 Å². The molecule has 0 heterocycles. The molecular formula is C39H40Br2Cl2Zr. The minimum Gasteiger partial charge on any atom is -0.147 e. The molecule has 6 rings (SSSR count). The predicted molar refractivity (Wildman–Crippen MR) is 200 cm³/mol. The summed E-state index contributed by atoms with van der Waals surface area (Å²) in [5, 5.41) is 0. The van der Waals surface area contributed by atoms with E-state index in [4.69, 9.17) is 0 Å². The zero-order valence-corrected chi connectivity index (χ0v) is 33.5. The Kier molecular flexibility index (Phi) is 11.1. The van der Waals surface area contributed by atoms with Gasteiger partial charge in [-0.1, -0.05) is 0 Å². The first-order valence-electron chi connectivity index (χ1n) is 14.8. The van der Waals surface area contributed by atoms with Crippen molar-refractivity contribution in [3.8, 4) is 11.1 Å². The smallest absolute Gasteiger partial charge is 0.147 e. The molecule has 0 aromatic heterocycles. The summed E-state index contributed by atoms with van der Waals surface area (Å²) in [4.78, 5) is 0. The maximum atomic E-state index is 3.70. The number of rotatable bonds is 4. The Hall–Kier alpha value is -1.35. The molecule has 4 aromatic rings. The number of allylic oxidation sites excluding steroid dienone is 4. The first-order chi connectivity index (χ1) is 19.9. The molecule has 0 nitrogen and oxygen atoms in total. The largest absolute Gasteiger partial charge is 0.147 e. The van der Waals surface area contributed by atoms with Crippen LogP contribution in [0.1, 0.15) is 81.3 Å². The van der Waals surface area contributed by atoms with Crippen molar-refractivity contribution in [1.82, 2.24) is 0 Å². The van der Waals surface area contributed by atoms with Crippen molar-refractivity contribution in [2.75, 3.05) is 0 Å². The van der Waals surface area contributed by atoms with Gasteiger partial charge in [-0.05, 0) is 0 Å². The van der Waals surface area contributed by atoms with Crippen LogP contribution in [0.4, 0.5) is 0 Å². The van der Waals surface area contributed by atoms with Crippen LogP contribution in [0, 0.1) is 0 Å². The van der Waals surface area contributed by atoms with Crippen LogP contribution in [0.2, 0.25) is 0 Å². The fraction of sp³-hybridized carbons (Fsp3) is 0.256. The second-order valence-corrected chi connectivity index (χ2v) is 21.5. The van der Waals surface area contributed by atoms with E-state index >= 15 is 0 Å². The minimum absolute atomic E-state index is 0. The van der Waals surface area contributed by atoms with Gasteiger partial charge >= 0.3 is 279 Å². The van der Waals surface area contributed by atoms with Crippen molar-refractivity contribution >= 4 is 63.2 Å². The number of hydrogen-bond acceptors (Lipinski definition) is 0. The third-order valence-corrected chi connectivity index (χ3v) is 17.2. The summed E-state index contributed by atoms with van der Waals surface area (Å²) in [5.41, 5.74) is 11.7. The van der Waals surface area contributed by atoms with Crippen LogP contribution in [-0.2, 0) is 38.5 Å². The van der Waals surface area contributed by atoms with E-state index in [9.17, 15) is 0 Å². The molecule has 0 spiro atoms. The average molecular weight is 831 g/mol. The minimum atomic E-state index is -2.72. The summed E-state index contributed by atoms with van der Waals surface area (Å²) in [5.74, 6) is 0. The van der Waals surface area contributed by atoms with Crippen molar-refractivity contribution < 1.29 is 21.3 Å².